The fourth-order valence-corrected chi connectivity index (χ4v) is 4.01. The van der Waals surface area contributed by atoms with E-state index in [4.69, 9.17) is 0 Å². The third-order valence-electron chi connectivity index (χ3n) is 5.17. The van der Waals surface area contributed by atoms with E-state index in [2.05, 4.69) is 43.4 Å². The van der Waals surface area contributed by atoms with Crippen molar-refractivity contribution in [3.8, 4) is 0 Å². The van der Waals surface area contributed by atoms with Crippen LogP contribution in [0.4, 0.5) is 4.79 Å². The van der Waals surface area contributed by atoms with E-state index >= 15 is 0 Å². The largest absolute Gasteiger partial charge is 0.388 e. The number of fused-ring (bicyclic) bond motifs is 1. The van der Waals surface area contributed by atoms with Crippen LogP contribution in [0.3, 0.4) is 0 Å². The van der Waals surface area contributed by atoms with Crippen molar-refractivity contribution in [2.75, 3.05) is 21.3 Å². The Labute approximate surface area is 186 Å². The molecule has 1 saturated heterocycles. The number of carbonyl (C=O) groups excluding carboxylic acids is 2. The lowest BCUT2D eigenvalue weighted by molar-refractivity contribution is 0.0955. The third-order valence-corrected chi connectivity index (χ3v) is 5.96. The van der Waals surface area contributed by atoms with Crippen LogP contribution in [-0.2, 0) is 18.3 Å². The first-order valence-corrected chi connectivity index (χ1v) is 10.8. The van der Waals surface area contributed by atoms with Gasteiger partial charge in [0, 0.05) is 34.9 Å². The first kappa shape index (κ1) is 24.0. The molecule has 30 heavy (non-hydrogen) atoms. The molecular weight excluding hydrogens is 448 g/mol. The van der Waals surface area contributed by atoms with Crippen molar-refractivity contribution in [2.45, 2.75) is 37.9 Å². The Morgan fingerprint density at radius 2 is 1.87 bits per heavy atom. The Balaban J connectivity index is 0.000000200. The number of urea groups is 1. The number of methoxy groups -OCH3 is 1. The second-order valence-electron chi connectivity index (χ2n) is 7.26. The number of hydrogen-bond donors (Lipinski definition) is 2. The number of ether oxygens (including phenoxy) is 1. The van der Waals surface area contributed by atoms with Gasteiger partial charge in [0.1, 0.15) is 5.69 Å². The minimum absolute atomic E-state index is 0.0711. The van der Waals surface area contributed by atoms with Crippen molar-refractivity contribution >= 4 is 27.9 Å². The van der Waals surface area contributed by atoms with E-state index in [1.165, 1.54) is 12.0 Å². The summed E-state index contributed by atoms with van der Waals surface area (Å²) in [4.78, 5) is 24.9. The van der Waals surface area contributed by atoms with Crippen LogP contribution in [0.1, 0.15) is 35.3 Å². The van der Waals surface area contributed by atoms with Crippen molar-refractivity contribution in [1.82, 2.24) is 20.1 Å². The van der Waals surface area contributed by atoms with Gasteiger partial charge in [-0.15, -0.1) is 0 Å². The van der Waals surface area contributed by atoms with Crippen LogP contribution in [-0.4, -0.2) is 54.8 Å². The molecule has 8 heteroatoms. The molecule has 1 aromatic carbocycles. The highest BCUT2D eigenvalue weighted by atomic mass is 79.9. The maximum absolute atomic E-state index is 11.8. The Bertz CT molecular complexity index is 825. The van der Waals surface area contributed by atoms with Gasteiger partial charge < -0.3 is 24.8 Å². The molecule has 2 aliphatic rings. The van der Waals surface area contributed by atoms with Crippen LogP contribution in [0.2, 0.25) is 0 Å². The Kier molecular flexibility index (Phi) is 9.39. The number of rotatable bonds is 3. The molecule has 2 fully saturated rings. The maximum atomic E-state index is 11.8. The molecule has 2 unspecified atom stereocenters. The van der Waals surface area contributed by atoms with Gasteiger partial charge in [-0.05, 0) is 52.9 Å². The van der Waals surface area contributed by atoms with Crippen LogP contribution in [0.15, 0.2) is 47.1 Å². The smallest absolute Gasteiger partial charge is 0.318 e. The molecule has 2 heterocycles. The topological polar surface area (TPSA) is 75.6 Å². The number of hydrogen-bond acceptors (Lipinski definition) is 3. The summed E-state index contributed by atoms with van der Waals surface area (Å²) >= 11 is 3.30. The lowest BCUT2D eigenvalue weighted by Gasteiger charge is -2.21. The fraction of sp³-hybridized carbons (Fsp3) is 0.455. The van der Waals surface area contributed by atoms with Gasteiger partial charge in [-0.2, -0.15) is 0 Å². The van der Waals surface area contributed by atoms with E-state index < -0.39 is 0 Å². The van der Waals surface area contributed by atoms with Gasteiger partial charge in [0.2, 0.25) is 0 Å². The predicted molar refractivity (Wildman–Crippen MR) is 121 cm³/mol. The SMILES string of the molecule is CNC(=O)c1ccc(Br)n1C.COC.O=C1NC2CCCC2N1Cc1ccccc1. The van der Waals surface area contributed by atoms with Gasteiger partial charge in [0.05, 0.1) is 16.7 Å². The second-order valence-corrected chi connectivity index (χ2v) is 8.07. The molecule has 1 aromatic heterocycles. The van der Waals surface area contributed by atoms with E-state index in [0.717, 1.165) is 24.0 Å². The quantitative estimate of drug-likeness (QED) is 0.707. The predicted octanol–water partition coefficient (Wildman–Crippen LogP) is 3.54. The molecule has 164 valence electrons. The molecule has 1 saturated carbocycles. The zero-order chi connectivity index (χ0) is 22.1. The molecule has 2 N–H and O–H groups in total. The number of aromatic nitrogens is 1. The van der Waals surface area contributed by atoms with E-state index in [1.807, 2.05) is 36.2 Å². The average Bonchev–Trinajstić information content (AvgIpc) is 3.41. The summed E-state index contributed by atoms with van der Waals surface area (Å²) < 4.78 is 6.93. The highest BCUT2D eigenvalue weighted by Gasteiger charge is 2.41. The number of benzene rings is 1. The first-order valence-electron chi connectivity index (χ1n) is 9.97. The molecular formula is C22H31BrN4O3. The van der Waals surface area contributed by atoms with Gasteiger partial charge >= 0.3 is 6.03 Å². The third kappa shape index (κ3) is 6.09. The second kappa shape index (κ2) is 11.8. The summed E-state index contributed by atoms with van der Waals surface area (Å²) in [5, 5.41) is 5.63. The molecule has 1 aliphatic carbocycles. The molecule has 2 atom stereocenters. The van der Waals surface area contributed by atoms with Crippen LogP contribution in [0, 0.1) is 0 Å². The summed E-state index contributed by atoms with van der Waals surface area (Å²) in [7, 11) is 6.69. The van der Waals surface area contributed by atoms with Crippen LogP contribution in [0.25, 0.3) is 0 Å². The molecule has 0 bridgehead atoms. The van der Waals surface area contributed by atoms with Crippen molar-refractivity contribution in [2.24, 2.45) is 7.05 Å². The first-order chi connectivity index (χ1) is 14.4. The molecule has 0 radical (unpaired) electrons. The molecule has 4 rings (SSSR count). The Morgan fingerprint density at radius 3 is 2.43 bits per heavy atom. The van der Waals surface area contributed by atoms with Gasteiger partial charge in [0.15, 0.2) is 0 Å². The standard InChI is InChI=1S/C13H16N2O.C7H9BrN2O.C2H6O/c16-13-14-11-7-4-8-12(11)15(13)9-10-5-2-1-3-6-10;1-9-7(11)5-3-4-6(8)10(5)2;1-3-2/h1-3,5-6,11-12H,4,7-9H2,(H,14,16);3-4H,1-2H3,(H,9,11);1-2H3. The number of nitrogens with one attached hydrogen (secondary N) is 2. The summed E-state index contributed by atoms with van der Waals surface area (Å²) in [6.45, 7) is 0.744. The van der Waals surface area contributed by atoms with E-state index in [0.29, 0.717) is 17.8 Å². The Hall–Kier alpha value is -2.32. The Morgan fingerprint density at radius 1 is 1.20 bits per heavy atom. The normalized spacial score (nSPS) is 19.1. The molecule has 7 nitrogen and oxygen atoms in total. The van der Waals surface area contributed by atoms with Crippen LogP contribution >= 0.6 is 15.9 Å². The highest BCUT2D eigenvalue weighted by molar-refractivity contribution is 9.10. The molecule has 3 amide bonds. The van der Waals surface area contributed by atoms with E-state index in [1.54, 1.807) is 31.9 Å². The summed E-state index contributed by atoms with van der Waals surface area (Å²) in [6.07, 6.45) is 3.53. The minimum Gasteiger partial charge on any atom is -0.388 e. The zero-order valence-electron chi connectivity index (χ0n) is 18.0. The van der Waals surface area contributed by atoms with Gasteiger partial charge in [-0.25, -0.2) is 4.79 Å². The van der Waals surface area contributed by atoms with Crippen molar-refractivity contribution in [3.63, 3.8) is 0 Å². The van der Waals surface area contributed by atoms with Crippen LogP contribution in [0.5, 0.6) is 0 Å². The highest BCUT2D eigenvalue weighted by Crippen LogP contribution is 2.30. The number of nitrogens with zero attached hydrogens (tertiary/aromatic N) is 2. The molecule has 1 aliphatic heterocycles. The lowest BCUT2D eigenvalue weighted by atomic mass is 10.1. The van der Waals surface area contributed by atoms with Crippen molar-refractivity contribution in [1.29, 1.82) is 0 Å². The number of carbonyl (C=O) groups is 2. The van der Waals surface area contributed by atoms with Crippen molar-refractivity contribution < 1.29 is 14.3 Å². The van der Waals surface area contributed by atoms with E-state index in [9.17, 15) is 9.59 Å². The average molecular weight is 479 g/mol. The minimum atomic E-state index is -0.0711. The number of halogens is 1. The number of amides is 3. The molecule has 2 aromatic rings. The van der Waals surface area contributed by atoms with Crippen LogP contribution < -0.4 is 10.6 Å². The monoisotopic (exact) mass is 478 g/mol. The molecule has 0 spiro atoms. The zero-order valence-corrected chi connectivity index (χ0v) is 19.6. The van der Waals surface area contributed by atoms with Gasteiger partial charge in [-0.3, -0.25) is 4.79 Å². The van der Waals surface area contributed by atoms with Crippen molar-refractivity contribution in [3.05, 3.63) is 58.3 Å². The summed E-state index contributed by atoms with van der Waals surface area (Å²) in [6, 6.07) is 14.7. The fourth-order valence-electron chi connectivity index (χ4n) is 3.69. The van der Waals surface area contributed by atoms with E-state index in [-0.39, 0.29) is 11.9 Å². The van der Waals surface area contributed by atoms with Gasteiger partial charge in [0.25, 0.3) is 5.91 Å². The summed E-state index contributed by atoms with van der Waals surface area (Å²) in [5.74, 6) is -0.0711. The van der Waals surface area contributed by atoms with Gasteiger partial charge in [-0.1, -0.05) is 30.3 Å². The lowest BCUT2D eigenvalue weighted by Crippen LogP contribution is -2.33. The maximum Gasteiger partial charge on any atom is 0.318 e. The summed E-state index contributed by atoms with van der Waals surface area (Å²) in [5.41, 5.74) is 1.87.